The maximum atomic E-state index is 5.90. The topological polar surface area (TPSA) is 47.0 Å². The average Bonchev–Trinajstić information content (AvgIpc) is 2.42. The Morgan fingerprint density at radius 3 is 2.15 bits per heavy atom. The number of rotatable bonds is 3. The summed E-state index contributed by atoms with van der Waals surface area (Å²) in [6.45, 7) is 8.74. The Morgan fingerprint density at radius 1 is 1.05 bits per heavy atom. The second-order valence-electron chi connectivity index (χ2n) is 6.72. The molecule has 4 nitrogen and oxygen atoms in total. The van der Waals surface area contributed by atoms with E-state index in [0.29, 0.717) is 5.41 Å². The molecule has 1 saturated carbocycles. The first kappa shape index (κ1) is 15.2. The molecule has 0 amide bonds. The summed E-state index contributed by atoms with van der Waals surface area (Å²) in [6.07, 6.45) is 4.27. The molecule has 1 aromatic rings. The molecule has 1 heterocycles. The molecule has 1 N–H and O–H groups in total. The minimum absolute atomic E-state index is 0.320. The van der Waals surface area contributed by atoms with Crippen LogP contribution >= 0.6 is 0 Å². The molecular formula is C16H27N3O. The first-order valence-corrected chi connectivity index (χ1v) is 7.42. The van der Waals surface area contributed by atoms with Gasteiger partial charge in [0.2, 0.25) is 0 Å². The molecule has 1 aromatic heterocycles. The van der Waals surface area contributed by atoms with Crippen LogP contribution in [0.5, 0.6) is 0 Å². The second kappa shape index (κ2) is 5.32. The lowest BCUT2D eigenvalue weighted by molar-refractivity contribution is -0.0729. The van der Waals surface area contributed by atoms with Crippen LogP contribution in [0.3, 0.4) is 0 Å². The number of ether oxygens (including phenoxy) is 1. The van der Waals surface area contributed by atoms with Crippen molar-refractivity contribution >= 4 is 5.82 Å². The average molecular weight is 277 g/mol. The normalized spacial score (nSPS) is 20.7. The highest BCUT2D eigenvalue weighted by molar-refractivity contribution is 5.45. The molecule has 0 bridgehead atoms. The molecule has 1 aliphatic rings. The quantitative estimate of drug-likeness (QED) is 0.917. The number of methoxy groups -OCH3 is 1. The Labute approximate surface area is 122 Å². The predicted octanol–water partition coefficient (Wildman–Crippen LogP) is 3.58. The molecule has 0 aliphatic heterocycles. The SMILES string of the molecule is CNc1nc(C2(OC)CCC(C)(C)CC2)nc(C)c1C. The van der Waals surface area contributed by atoms with Crippen molar-refractivity contribution in [3.8, 4) is 0 Å². The van der Waals surface area contributed by atoms with E-state index < -0.39 is 0 Å². The molecule has 112 valence electrons. The zero-order valence-corrected chi connectivity index (χ0v) is 13.6. The van der Waals surface area contributed by atoms with Crippen molar-refractivity contribution in [1.82, 2.24) is 9.97 Å². The molecule has 1 aliphatic carbocycles. The van der Waals surface area contributed by atoms with E-state index in [9.17, 15) is 0 Å². The summed E-state index contributed by atoms with van der Waals surface area (Å²) in [5, 5.41) is 3.17. The molecule has 4 heteroatoms. The van der Waals surface area contributed by atoms with Gasteiger partial charge < -0.3 is 10.1 Å². The summed E-state index contributed by atoms with van der Waals surface area (Å²) in [5.74, 6) is 1.75. The van der Waals surface area contributed by atoms with Gasteiger partial charge in [-0.3, -0.25) is 0 Å². The van der Waals surface area contributed by atoms with Gasteiger partial charge in [0.25, 0.3) is 0 Å². The summed E-state index contributed by atoms with van der Waals surface area (Å²) in [6, 6.07) is 0. The third-order valence-electron chi connectivity index (χ3n) is 4.84. The Bertz CT molecular complexity index is 487. The lowest BCUT2D eigenvalue weighted by atomic mass is 9.70. The first-order valence-electron chi connectivity index (χ1n) is 7.42. The van der Waals surface area contributed by atoms with Crippen molar-refractivity contribution in [3.63, 3.8) is 0 Å². The fourth-order valence-corrected chi connectivity index (χ4v) is 2.93. The Kier molecular flexibility index (Phi) is 4.05. The van der Waals surface area contributed by atoms with E-state index >= 15 is 0 Å². The molecule has 0 atom stereocenters. The number of anilines is 1. The number of aryl methyl sites for hydroxylation is 1. The monoisotopic (exact) mass is 277 g/mol. The number of hydrogen-bond donors (Lipinski definition) is 1. The van der Waals surface area contributed by atoms with E-state index in [1.54, 1.807) is 7.11 Å². The van der Waals surface area contributed by atoms with Crippen LogP contribution in [-0.2, 0) is 10.3 Å². The van der Waals surface area contributed by atoms with Gasteiger partial charge >= 0.3 is 0 Å². The van der Waals surface area contributed by atoms with Gasteiger partial charge in [-0.25, -0.2) is 9.97 Å². The van der Waals surface area contributed by atoms with E-state index in [1.165, 1.54) is 0 Å². The number of nitrogens with one attached hydrogen (secondary N) is 1. The highest BCUT2D eigenvalue weighted by atomic mass is 16.5. The van der Waals surface area contributed by atoms with Crippen LogP contribution in [0.2, 0.25) is 0 Å². The molecule has 0 unspecified atom stereocenters. The van der Waals surface area contributed by atoms with Crippen LogP contribution in [0, 0.1) is 19.3 Å². The van der Waals surface area contributed by atoms with E-state index in [2.05, 4.69) is 26.1 Å². The Morgan fingerprint density at radius 2 is 1.65 bits per heavy atom. The van der Waals surface area contributed by atoms with E-state index in [4.69, 9.17) is 14.7 Å². The highest BCUT2D eigenvalue weighted by Gasteiger charge is 2.42. The van der Waals surface area contributed by atoms with Crippen LogP contribution in [0.1, 0.15) is 56.6 Å². The van der Waals surface area contributed by atoms with Crippen molar-refractivity contribution in [1.29, 1.82) is 0 Å². The van der Waals surface area contributed by atoms with Gasteiger partial charge in [-0.15, -0.1) is 0 Å². The second-order valence-corrected chi connectivity index (χ2v) is 6.72. The van der Waals surface area contributed by atoms with Crippen molar-refractivity contribution in [2.45, 2.75) is 59.0 Å². The third kappa shape index (κ3) is 2.66. The van der Waals surface area contributed by atoms with Gasteiger partial charge in [-0.2, -0.15) is 0 Å². The molecule has 1 fully saturated rings. The Hall–Kier alpha value is -1.16. The lowest BCUT2D eigenvalue weighted by Crippen LogP contribution is -2.38. The summed E-state index contributed by atoms with van der Waals surface area (Å²) in [4.78, 5) is 9.44. The number of nitrogens with zero attached hydrogens (tertiary/aromatic N) is 2. The molecule has 20 heavy (non-hydrogen) atoms. The molecular weight excluding hydrogens is 250 g/mol. The van der Waals surface area contributed by atoms with E-state index in [1.807, 2.05) is 14.0 Å². The van der Waals surface area contributed by atoms with Crippen molar-refractivity contribution in [2.75, 3.05) is 19.5 Å². The molecule has 0 spiro atoms. The largest absolute Gasteiger partial charge is 0.373 e. The summed E-state index contributed by atoms with van der Waals surface area (Å²) >= 11 is 0. The van der Waals surface area contributed by atoms with Gasteiger partial charge in [0.1, 0.15) is 11.4 Å². The van der Waals surface area contributed by atoms with E-state index in [0.717, 1.165) is 48.6 Å². The lowest BCUT2D eigenvalue weighted by Gasteiger charge is -2.41. The van der Waals surface area contributed by atoms with Crippen molar-refractivity contribution in [3.05, 3.63) is 17.1 Å². The summed E-state index contributed by atoms with van der Waals surface area (Å²) in [5.41, 5.74) is 2.21. The Balaban J connectivity index is 2.40. The zero-order valence-electron chi connectivity index (χ0n) is 13.6. The number of hydrogen-bond acceptors (Lipinski definition) is 4. The van der Waals surface area contributed by atoms with Gasteiger partial charge in [0.05, 0.1) is 0 Å². The highest BCUT2D eigenvalue weighted by Crippen LogP contribution is 2.46. The van der Waals surface area contributed by atoms with Crippen molar-refractivity contribution < 1.29 is 4.74 Å². The minimum Gasteiger partial charge on any atom is -0.373 e. The first-order chi connectivity index (χ1) is 9.33. The molecule has 0 saturated heterocycles. The minimum atomic E-state index is -0.320. The van der Waals surface area contributed by atoms with Crippen LogP contribution in [0.15, 0.2) is 0 Å². The zero-order chi connectivity index (χ0) is 15.0. The third-order valence-corrected chi connectivity index (χ3v) is 4.84. The molecule has 0 aromatic carbocycles. The molecule has 0 radical (unpaired) electrons. The van der Waals surface area contributed by atoms with Gasteiger partial charge in [-0.1, -0.05) is 13.8 Å². The van der Waals surface area contributed by atoms with Crippen LogP contribution in [0.4, 0.5) is 5.82 Å². The maximum Gasteiger partial charge on any atom is 0.162 e. The predicted molar refractivity (Wildman–Crippen MR) is 82.0 cm³/mol. The summed E-state index contributed by atoms with van der Waals surface area (Å²) in [7, 11) is 3.69. The standard InChI is InChI=1S/C16H27N3O/c1-11-12(2)18-14(19-13(11)17-5)16(20-6)9-7-15(3,4)8-10-16/h7-10H2,1-6H3,(H,17,18,19). The maximum absolute atomic E-state index is 5.90. The van der Waals surface area contributed by atoms with Crippen molar-refractivity contribution in [2.24, 2.45) is 5.41 Å². The van der Waals surface area contributed by atoms with Crippen LogP contribution in [-0.4, -0.2) is 24.1 Å². The van der Waals surface area contributed by atoms with Crippen LogP contribution < -0.4 is 5.32 Å². The van der Waals surface area contributed by atoms with Gasteiger partial charge in [0, 0.05) is 25.4 Å². The van der Waals surface area contributed by atoms with E-state index in [-0.39, 0.29) is 5.60 Å². The van der Waals surface area contributed by atoms with Crippen LogP contribution in [0.25, 0.3) is 0 Å². The van der Waals surface area contributed by atoms with Gasteiger partial charge in [-0.05, 0) is 44.9 Å². The molecule has 2 rings (SSSR count). The van der Waals surface area contributed by atoms with Gasteiger partial charge in [0.15, 0.2) is 5.82 Å². The fraction of sp³-hybridized carbons (Fsp3) is 0.750. The summed E-state index contributed by atoms with van der Waals surface area (Å²) < 4.78 is 5.90. The number of aromatic nitrogens is 2. The smallest absolute Gasteiger partial charge is 0.162 e. The fourth-order valence-electron chi connectivity index (χ4n) is 2.93.